The fourth-order valence-electron chi connectivity index (χ4n) is 2.67. The molecule has 5 nitrogen and oxygen atoms in total. The van der Waals surface area contributed by atoms with Crippen LogP contribution >= 0.6 is 0 Å². The molecular formula is C21H21NO4. The molecule has 5 heteroatoms. The van der Waals surface area contributed by atoms with Crippen molar-refractivity contribution in [2.24, 2.45) is 5.92 Å². The van der Waals surface area contributed by atoms with Crippen LogP contribution < -0.4 is 10.1 Å². The third-order valence-corrected chi connectivity index (χ3v) is 4.39. The number of carbonyl (C=O) groups is 3. The Kier molecular flexibility index (Phi) is 5.46. The number of carbonyl (C=O) groups excluding carboxylic acids is 3. The SMILES string of the molecule is COc1ccc(C(=O)CCC(=O)Nc2ccc(C(=O)C3CC3)cc2)cc1. The minimum absolute atomic E-state index is 0.0896. The summed E-state index contributed by atoms with van der Waals surface area (Å²) in [6.45, 7) is 0. The van der Waals surface area contributed by atoms with Crippen molar-refractivity contribution < 1.29 is 19.1 Å². The number of nitrogens with one attached hydrogen (secondary N) is 1. The molecule has 0 spiro atoms. The lowest BCUT2D eigenvalue weighted by Gasteiger charge is -2.06. The maximum atomic E-state index is 12.1. The summed E-state index contributed by atoms with van der Waals surface area (Å²) < 4.78 is 5.06. The van der Waals surface area contributed by atoms with Crippen LogP contribution in [0, 0.1) is 5.92 Å². The van der Waals surface area contributed by atoms with Gasteiger partial charge in [-0.25, -0.2) is 0 Å². The van der Waals surface area contributed by atoms with Gasteiger partial charge in [-0.15, -0.1) is 0 Å². The Morgan fingerprint density at radius 2 is 1.54 bits per heavy atom. The molecule has 1 aliphatic carbocycles. The molecule has 26 heavy (non-hydrogen) atoms. The summed E-state index contributed by atoms with van der Waals surface area (Å²) in [4.78, 5) is 36.1. The molecule has 0 saturated heterocycles. The molecule has 0 unspecified atom stereocenters. The zero-order valence-corrected chi connectivity index (χ0v) is 14.7. The van der Waals surface area contributed by atoms with Gasteiger partial charge >= 0.3 is 0 Å². The molecule has 3 rings (SSSR count). The largest absolute Gasteiger partial charge is 0.497 e. The Bertz CT molecular complexity index is 805. The smallest absolute Gasteiger partial charge is 0.224 e. The summed E-state index contributed by atoms with van der Waals surface area (Å²) in [5, 5.41) is 2.76. The van der Waals surface area contributed by atoms with E-state index in [1.165, 1.54) is 0 Å². The second-order valence-electron chi connectivity index (χ2n) is 6.42. The average molecular weight is 351 g/mol. The molecule has 1 aliphatic rings. The van der Waals surface area contributed by atoms with Gasteiger partial charge < -0.3 is 10.1 Å². The summed E-state index contributed by atoms with van der Waals surface area (Å²) in [7, 11) is 1.57. The molecule has 2 aromatic carbocycles. The van der Waals surface area contributed by atoms with Crippen molar-refractivity contribution in [2.75, 3.05) is 12.4 Å². The minimum Gasteiger partial charge on any atom is -0.497 e. The van der Waals surface area contributed by atoms with E-state index in [2.05, 4.69) is 5.32 Å². The highest BCUT2D eigenvalue weighted by atomic mass is 16.5. The number of hydrogen-bond acceptors (Lipinski definition) is 4. The zero-order valence-electron chi connectivity index (χ0n) is 14.7. The summed E-state index contributed by atoms with van der Waals surface area (Å²) >= 11 is 0. The average Bonchev–Trinajstić information content (AvgIpc) is 3.51. The summed E-state index contributed by atoms with van der Waals surface area (Å²) in [6, 6.07) is 13.7. The van der Waals surface area contributed by atoms with Crippen LogP contribution in [0.1, 0.15) is 46.4 Å². The molecule has 0 radical (unpaired) electrons. The van der Waals surface area contributed by atoms with E-state index in [0.717, 1.165) is 12.8 Å². The maximum Gasteiger partial charge on any atom is 0.224 e. The molecule has 0 bridgehead atoms. The summed E-state index contributed by atoms with van der Waals surface area (Å²) in [5.41, 5.74) is 1.86. The number of Topliss-reactive ketones (excluding diaryl/α,β-unsaturated/α-hetero) is 2. The predicted molar refractivity (Wildman–Crippen MR) is 98.7 cm³/mol. The Labute approximate surface area is 152 Å². The van der Waals surface area contributed by atoms with Crippen LogP contribution in [0.3, 0.4) is 0 Å². The van der Waals surface area contributed by atoms with Crippen LogP contribution in [0.4, 0.5) is 5.69 Å². The topological polar surface area (TPSA) is 72.5 Å². The van der Waals surface area contributed by atoms with Gasteiger partial charge in [0.1, 0.15) is 5.75 Å². The third kappa shape index (κ3) is 4.57. The van der Waals surface area contributed by atoms with Crippen LogP contribution in [-0.4, -0.2) is 24.6 Å². The lowest BCUT2D eigenvalue weighted by Crippen LogP contribution is -2.13. The molecule has 0 heterocycles. The number of benzene rings is 2. The van der Waals surface area contributed by atoms with Gasteiger partial charge in [0.15, 0.2) is 11.6 Å². The molecule has 1 N–H and O–H groups in total. The first-order chi connectivity index (χ1) is 12.6. The highest BCUT2D eigenvalue weighted by molar-refractivity contribution is 6.01. The number of rotatable bonds is 8. The van der Waals surface area contributed by atoms with Gasteiger partial charge in [0.05, 0.1) is 7.11 Å². The van der Waals surface area contributed by atoms with Gasteiger partial charge in [0.25, 0.3) is 0 Å². The van der Waals surface area contributed by atoms with Crippen molar-refractivity contribution in [1.82, 2.24) is 0 Å². The Morgan fingerprint density at radius 3 is 2.12 bits per heavy atom. The molecule has 2 aromatic rings. The molecule has 1 saturated carbocycles. The van der Waals surface area contributed by atoms with Crippen molar-refractivity contribution in [2.45, 2.75) is 25.7 Å². The third-order valence-electron chi connectivity index (χ3n) is 4.39. The minimum atomic E-state index is -0.229. The van der Waals surface area contributed by atoms with Gasteiger partial charge in [0, 0.05) is 35.6 Å². The van der Waals surface area contributed by atoms with Crippen molar-refractivity contribution in [3.8, 4) is 5.75 Å². The van der Waals surface area contributed by atoms with E-state index < -0.39 is 0 Å². The van der Waals surface area contributed by atoms with Crippen molar-refractivity contribution in [3.63, 3.8) is 0 Å². The second-order valence-corrected chi connectivity index (χ2v) is 6.42. The summed E-state index contributed by atoms with van der Waals surface area (Å²) in [6.07, 6.45) is 2.18. The van der Waals surface area contributed by atoms with Gasteiger partial charge in [0.2, 0.25) is 5.91 Å². The van der Waals surface area contributed by atoms with Gasteiger partial charge in [-0.05, 0) is 61.4 Å². The standard InChI is InChI=1S/C21H21NO4/c1-26-18-10-6-14(7-11-18)19(23)12-13-20(24)22-17-8-4-16(5-9-17)21(25)15-2-3-15/h4-11,15H,2-3,12-13H2,1H3,(H,22,24). The molecule has 1 amide bonds. The van der Waals surface area contributed by atoms with E-state index >= 15 is 0 Å². The fourth-order valence-corrected chi connectivity index (χ4v) is 2.67. The van der Waals surface area contributed by atoms with Gasteiger partial charge in [-0.1, -0.05) is 0 Å². The lowest BCUT2D eigenvalue weighted by atomic mass is 10.1. The van der Waals surface area contributed by atoms with E-state index in [4.69, 9.17) is 4.74 Å². The first kappa shape index (κ1) is 17.9. The molecule has 134 valence electrons. The maximum absolute atomic E-state index is 12.1. The van der Waals surface area contributed by atoms with Crippen LogP contribution in [0.15, 0.2) is 48.5 Å². The second kappa shape index (κ2) is 7.95. The Balaban J connectivity index is 1.48. The molecule has 0 aromatic heterocycles. The monoisotopic (exact) mass is 351 g/mol. The first-order valence-electron chi connectivity index (χ1n) is 8.68. The first-order valence-corrected chi connectivity index (χ1v) is 8.68. The van der Waals surface area contributed by atoms with Crippen LogP contribution in [0.2, 0.25) is 0 Å². The number of amides is 1. The quantitative estimate of drug-likeness (QED) is 0.732. The highest BCUT2D eigenvalue weighted by Crippen LogP contribution is 2.32. The predicted octanol–water partition coefficient (Wildman–Crippen LogP) is 3.89. The molecular weight excluding hydrogens is 330 g/mol. The zero-order chi connectivity index (χ0) is 18.5. The van der Waals surface area contributed by atoms with Gasteiger partial charge in [-0.3, -0.25) is 14.4 Å². The molecule has 0 aliphatic heterocycles. The molecule has 1 fully saturated rings. The van der Waals surface area contributed by atoms with Gasteiger partial charge in [-0.2, -0.15) is 0 Å². The van der Waals surface area contributed by atoms with Crippen LogP contribution in [0.5, 0.6) is 5.75 Å². The van der Waals surface area contributed by atoms with E-state index in [9.17, 15) is 14.4 Å². The van der Waals surface area contributed by atoms with Crippen molar-refractivity contribution in [3.05, 3.63) is 59.7 Å². The number of anilines is 1. The number of hydrogen-bond donors (Lipinski definition) is 1. The summed E-state index contributed by atoms with van der Waals surface area (Å²) in [5.74, 6) is 0.719. The van der Waals surface area contributed by atoms with Crippen LogP contribution in [0.25, 0.3) is 0 Å². The number of ketones is 2. The lowest BCUT2D eigenvalue weighted by molar-refractivity contribution is -0.116. The van der Waals surface area contributed by atoms with E-state index in [0.29, 0.717) is 22.6 Å². The Hall–Kier alpha value is -2.95. The van der Waals surface area contributed by atoms with Crippen molar-refractivity contribution >= 4 is 23.2 Å². The number of ether oxygens (including phenoxy) is 1. The Morgan fingerprint density at radius 1 is 0.923 bits per heavy atom. The van der Waals surface area contributed by atoms with E-state index in [1.807, 2.05) is 0 Å². The van der Waals surface area contributed by atoms with E-state index in [1.54, 1.807) is 55.6 Å². The van der Waals surface area contributed by atoms with Crippen molar-refractivity contribution in [1.29, 1.82) is 0 Å². The molecule has 0 atom stereocenters. The normalized spacial score (nSPS) is 13.1. The highest BCUT2D eigenvalue weighted by Gasteiger charge is 2.30. The van der Waals surface area contributed by atoms with Crippen LogP contribution in [-0.2, 0) is 4.79 Å². The van der Waals surface area contributed by atoms with E-state index in [-0.39, 0.29) is 36.2 Å². The number of methoxy groups -OCH3 is 1. The fraction of sp³-hybridized carbons (Fsp3) is 0.286.